The molecule has 8 bridgehead atoms. The quantitative estimate of drug-likeness (QED) is 0.203. The molecule has 0 atom stereocenters. The van der Waals surface area contributed by atoms with E-state index in [0.717, 1.165) is 78.1 Å². The van der Waals surface area contributed by atoms with Gasteiger partial charge in [0, 0.05) is 28.9 Å². The minimum atomic E-state index is 0.671. The Kier molecular flexibility index (Phi) is 7.98. The minimum Gasteiger partial charge on any atom is -0.354 e. The van der Waals surface area contributed by atoms with Crippen molar-refractivity contribution in [3.05, 3.63) is 219 Å². The summed E-state index contributed by atoms with van der Waals surface area (Å²) in [6.07, 6.45) is 16.9. The van der Waals surface area contributed by atoms with Crippen LogP contribution in [0.2, 0.25) is 0 Å². The van der Waals surface area contributed by atoms with Crippen LogP contribution in [0.25, 0.3) is 16.7 Å². The number of allylic oxidation sites excluding steroid dienone is 10. The summed E-state index contributed by atoms with van der Waals surface area (Å²) in [4.78, 5) is 23.2. The maximum atomic E-state index is 5.28. The van der Waals surface area contributed by atoms with Crippen LogP contribution in [0.5, 0.6) is 0 Å². The predicted molar refractivity (Wildman–Crippen MR) is 209 cm³/mol. The topological polar surface area (TPSA) is 66.3 Å². The first-order valence-corrected chi connectivity index (χ1v) is 17.1. The molecule has 0 fully saturated rings. The van der Waals surface area contributed by atoms with Crippen LogP contribution >= 0.6 is 0 Å². The highest BCUT2D eigenvalue weighted by Crippen LogP contribution is 2.39. The fraction of sp³-hybridized carbons (Fsp3) is 0.0213. The Morgan fingerprint density at radius 1 is 0.462 bits per heavy atom. The smallest absolute Gasteiger partial charge is 0.113 e. The summed E-state index contributed by atoms with van der Waals surface area (Å²) >= 11 is 0. The molecule has 6 heterocycles. The van der Waals surface area contributed by atoms with Gasteiger partial charge in [-0.05, 0) is 101 Å². The Morgan fingerprint density at radius 2 is 1.04 bits per heavy atom. The van der Waals surface area contributed by atoms with E-state index in [-0.39, 0.29) is 0 Å². The molecular formula is C47H29N5. The summed E-state index contributed by atoms with van der Waals surface area (Å²) in [5.74, 6) is 13.5. The number of hydrogen-bond donors (Lipinski definition) is 1. The van der Waals surface area contributed by atoms with Crippen molar-refractivity contribution >= 4 is 28.1 Å². The third-order valence-electron chi connectivity index (χ3n) is 9.12. The first-order valence-electron chi connectivity index (χ1n) is 17.1. The zero-order valence-corrected chi connectivity index (χ0v) is 28.0. The second kappa shape index (κ2) is 13.5. The van der Waals surface area contributed by atoms with Crippen LogP contribution < -0.4 is 10.7 Å². The first-order chi connectivity index (χ1) is 25.8. The second-order valence-electron chi connectivity index (χ2n) is 12.4. The van der Waals surface area contributed by atoms with Crippen molar-refractivity contribution in [2.24, 2.45) is 9.98 Å². The summed E-state index contributed by atoms with van der Waals surface area (Å²) in [6, 6.07) is 36.5. The summed E-state index contributed by atoms with van der Waals surface area (Å²) in [5, 5.41) is 1.78. The average Bonchev–Trinajstić information content (AvgIpc) is 4.04. The molecule has 5 heteroatoms. The highest BCUT2D eigenvalue weighted by molar-refractivity contribution is 6.31. The molecule has 1 N–H and O–H groups in total. The van der Waals surface area contributed by atoms with E-state index in [1.807, 2.05) is 60.7 Å². The molecule has 9 rings (SSSR count). The van der Waals surface area contributed by atoms with Crippen LogP contribution in [0.4, 0.5) is 0 Å². The Labute approximate surface area is 301 Å². The van der Waals surface area contributed by atoms with Gasteiger partial charge in [0.1, 0.15) is 11.4 Å². The molecule has 0 saturated heterocycles. The van der Waals surface area contributed by atoms with Crippen LogP contribution in [0.15, 0.2) is 196 Å². The van der Waals surface area contributed by atoms with Crippen LogP contribution in [0, 0.1) is 23.7 Å². The highest BCUT2D eigenvalue weighted by Gasteiger charge is 2.24. The summed E-state index contributed by atoms with van der Waals surface area (Å²) < 4.78 is 0. The van der Waals surface area contributed by atoms with Crippen molar-refractivity contribution in [3.63, 3.8) is 0 Å². The Morgan fingerprint density at radius 3 is 1.73 bits per heavy atom. The zero-order valence-electron chi connectivity index (χ0n) is 28.0. The molecule has 0 spiro atoms. The number of aliphatic imine (C=N–C) groups is 2. The van der Waals surface area contributed by atoms with E-state index in [4.69, 9.17) is 9.98 Å². The molecule has 3 aromatic heterocycles. The van der Waals surface area contributed by atoms with Crippen LogP contribution in [-0.2, 0) is 0 Å². The lowest BCUT2D eigenvalue weighted by atomic mass is 9.92. The molecule has 242 valence electrons. The monoisotopic (exact) mass is 663 g/mol. The molecule has 0 amide bonds. The molecule has 0 unspecified atom stereocenters. The standard InChI is InChI=1S/C47H29N5/c1-3-11-32(12-4-1)46-35-18-17-34(31-35)38(21-19-36-15-7-9-29-48-36)40-23-27-44(50-40)47(33-13-5-2-6-14-33)45-28-25-42(52-45)39(41-24-26-43(46)51-41)22-20-37-16-8-10-30-49-37/h1-18,23-30,52H,31H2/b38-34?,40-38-,41-39?,42-39-,46-35?,46-43-,47-44?,47-45-. The van der Waals surface area contributed by atoms with E-state index in [2.05, 4.69) is 124 Å². The van der Waals surface area contributed by atoms with Gasteiger partial charge < -0.3 is 4.98 Å². The van der Waals surface area contributed by atoms with E-state index in [1.54, 1.807) is 12.4 Å². The van der Waals surface area contributed by atoms with Gasteiger partial charge in [-0.15, -0.1) is 0 Å². The van der Waals surface area contributed by atoms with Crippen molar-refractivity contribution in [1.29, 1.82) is 0 Å². The highest BCUT2D eigenvalue weighted by atomic mass is 14.8. The van der Waals surface area contributed by atoms with Gasteiger partial charge >= 0.3 is 0 Å². The molecule has 52 heavy (non-hydrogen) atoms. The molecular weight excluding hydrogens is 635 g/mol. The number of rotatable bonds is 2. The van der Waals surface area contributed by atoms with Gasteiger partial charge in [-0.3, -0.25) is 0 Å². The molecule has 0 radical (unpaired) electrons. The van der Waals surface area contributed by atoms with Crippen molar-refractivity contribution < 1.29 is 0 Å². The number of benzene rings is 2. The van der Waals surface area contributed by atoms with E-state index < -0.39 is 0 Å². The number of aromatic nitrogens is 3. The molecule has 4 aliphatic rings. The van der Waals surface area contributed by atoms with Gasteiger partial charge in [0.2, 0.25) is 0 Å². The first kappa shape index (κ1) is 30.7. The Bertz CT molecular complexity index is 2760. The lowest BCUT2D eigenvalue weighted by molar-refractivity contribution is 1.20. The molecule has 3 aliphatic heterocycles. The summed E-state index contributed by atoms with van der Waals surface area (Å²) in [5.41, 5.74) is 12.8. The maximum absolute atomic E-state index is 5.28. The molecule has 5 aromatic rings. The maximum Gasteiger partial charge on any atom is 0.113 e. The summed E-state index contributed by atoms with van der Waals surface area (Å²) in [6.45, 7) is 0. The van der Waals surface area contributed by atoms with E-state index >= 15 is 0 Å². The van der Waals surface area contributed by atoms with E-state index in [9.17, 15) is 0 Å². The van der Waals surface area contributed by atoms with Gasteiger partial charge in [-0.1, -0.05) is 96.8 Å². The van der Waals surface area contributed by atoms with E-state index in [0.29, 0.717) is 17.8 Å². The predicted octanol–water partition coefficient (Wildman–Crippen LogP) is 7.21. The van der Waals surface area contributed by atoms with Crippen molar-refractivity contribution in [1.82, 2.24) is 15.0 Å². The van der Waals surface area contributed by atoms with E-state index in [1.165, 1.54) is 0 Å². The number of fused-ring (bicyclic) bond motifs is 6. The lowest BCUT2D eigenvalue weighted by Crippen LogP contribution is -2.20. The molecule has 0 saturated carbocycles. The van der Waals surface area contributed by atoms with Gasteiger partial charge in [0.05, 0.1) is 39.3 Å². The lowest BCUT2D eigenvalue weighted by Gasteiger charge is -2.13. The Balaban J connectivity index is 1.34. The number of H-pyrrole nitrogens is 1. The number of pyridine rings is 2. The number of nitrogens with one attached hydrogen (secondary N) is 1. The average molecular weight is 664 g/mol. The third-order valence-corrected chi connectivity index (χ3v) is 9.12. The molecule has 1 aliphatic carbocycles. The van der Waals surface area contributed by atoms with Gasteiger partial charge in [-0.2, -0.15) is 0 Å². The van der Waals surface area contributed by atoms with Gasteiger partial charge in [-0.25, -0.2) is 20.0 Å². The van der Waals surface area contributed by atoms with Crippen molar-refractivity contribution in [2.75, 3.05) is 0 Å². The third kappa shape index (κ3) is 6.05. The normalized spacial score (nSPS) is 20.6. The number of aromatic amines is 1. The van der Waals surface area contributed by atoms with Gasteiger partial charge in [0.25, 0.3) is 0 Å². The fourth-order valence-electron chi connectivity index (χ4n) is 6.69. The number of hydrogen-bond acceptors (Lipinski definition) is 4. The zero-order chi connectivity index (χ0) is 34.7. The summed E-state index contributed by atoms with van der Waals surface area (Å²) in [7, 11) is 0. The van der Waals surface area contributed by atoms with Gasteiger partial charge in [0.15, 0.2) is 0 Å². The molecule has 5 nitrogen and oxygen atoms in total. The van der Waals surface area contributed by atoms with Crippen molar-refractivity contribution in [3.8, 4) is 23.7 Å². The second-order valence-corrected chi connectivity index (χ2v) is 12.4. The van der Waals surface area contributed by atoms with Crippen LogP contribution in [0.3, 0.4) is 0 Å². The number of nitrogens with zero attached hydrogens (tertiary/aromatic N) is 4. The van der Waals surface area contributed by atoms with Crippen LogP contribution in [0.1, 0.15) is 28.9 Å². The largest absolute Gasteiger partial charge is 0.354 e. The fourth-order valence-corrected chi connectivity index (χ4v) is 6.69. The Hall–Kier alpha value is -7.34. The van der Waals surface area contributed by atoms with Crippen molar-refractivity contribution in [2.45, 2.75) is 6.42 Å². The molecule has 2 aromatic carbocycles. The van der Waals surface area contributed by atoms with Crippen LogP contribution in [-0.4, -0.2) is 26.4 Å². The minimum absolute atomic E-state index is 0.671. The SMILES string of the molecule is C(#Cc1ccccn1)/C1=c2\cc/c([nH]2)=C(\c2ccccc2)C2=N/C(=C(/C#Cc3ccccn3)C3=CC=C(C3)/C(c3ccccc3)=C3/C=CC1=N3)C=C2.